The summed E-state index contributed by atoms with van der Waals surface area (Å²) < 4.78 is 28.2. The van der Waals surface area contributed by atoms with Gasteiger partial charge in [0, 0.05) is 33.1 Å². The maximum atomic E-state index is 12.6. The van der Waals surface area contributed by atoms with Crippen molar-refractivity contribution >= 4 is 15.9 Å². The highest BCUT2D eigenvalue weighted by Crippen LogP contribution is 2.23. The maximum absolute atomic E-state index is 12.6. The summed E-state index contributed by atoms with van der Waals surface area (Å²) in [5.74, 6) is -0.114. The molecule has 1 fully saturated rings. The zero-order valence-electron chi connectivity index (χ0n) is 11.3. The smallest absolute Gasteiger partial charge is 0.246 e. The Labute approximate surface area is 112 Å². The van der Waals surface area contributed by atoms with Crippen LogP contribution in [-0.4, -0.2) is 48.0 Å². The summed E-state index contributed by atoms with van der Waals surface area (Å²) in [6, 6.07) is 0. The first-order valence-corrected chi connectivity index (χ1v) is 7.55. The first-order chi connectivity index (χ1) is 8.84. The Hall–Kier alpha value is -1.41. The topological polar surface area (TPSA) is 84.3 Å². The summed E-state index contributed by atoms with van der Waals surface area (Å²) in [4.78, 5) is 11.5. The van der Waals surface area contributed by atoms with Crippen LogP contribution < -0.4 is 5.32 Å². The van der Waals surface area contributed by atoms with Crippen LogP contribution in [0.1, 0.15) is 17.8 Å². The number of amides is 1. The van der Waals surface area contributed by atoms with E-state index in [1.54, 1.807) is 25.6 Å². The van der Waals surface area contributed by atoms with Crippen LogP contribution in [0.5, 0.6) is 0 Å². The highest BCUT2D eigenvalue weighted by atomic mass is 32.2. The molecule has 8 heteroatoms. The van der Waals surface area contributed by atoms with E-state index in [9.17, 15) is 13.2 Å². The average Bonchev–Trinajstić information content (AvgIpc) is 2.51. The Morgan fingerprint density at radius 2 is 1.95 bits per heavy atom. The number of sulfonamides is 1. The lowest BCUT2D eigenvalue weighted by molar-refractivity contribution is -0.120. The minimum absolute atomic E-state index is 0.114. The molecule has 2 heterocycles. The molecular formula is C11H18N4O3S. The van der Waals surface area contributed by atoms with Gasteiger partial charge in [-0.05, 0) is 13.8 Å². The summed E-state index contributed by atoms with van der Waals surface area (Å²) >= 11 is 0. The van der Waals surface area contributed by atoms with E-state index < -0.39 is 10.0 Å². The minimum Gasteiger partial charge on any atom is -0.355 e. The predicted molar refractivity (Wildman–Crippen MR) is 69.1 cm³/mol. The Kier molecular flexibility index (Phi) is 3.64. The Morgan fingerprint density at radius 3 is 2.53 bits per heavy atom. The molecule has 1 aromatic rings. The van der Waals surface area contributed by atoms with Crippen molar-refractivity contribution < 1.29 is 13.2 Å². The quantitative estimate of drug-likeness (QED) is 0.798. The molecular weight excluding hydrogens is 268 g/mol. The van der Waals surface area contributed by atoms with E-state index in [1.165, 1.54) is 4.31 Å². The van der Waals surface area contributed by atoms with Gasteiger partial charge in [-0.15, -0.1) is 0 Å². The van der Waals surface area contributed by atoms with Crippen LogP contribution >= 0.6 is 0 Å². The largest absolute Gasteiger partial charge is 0.355 e. The Morgan fingerprint density at radius 1 is 1.26 bits per heavy atom. The van der Waals surface area contributed by atoms with Crippen LogP contribution in [0.15, 0.2) is 4.90 Å². The molecule has 0 atom stereocenters. The molecule has 0 aliphatic carbocycles. The monoisotopic (exact) mass is 286 g/mol. The van der Waals surface area contributed by atoms with Crippen LogP contribution in [0.3, 0.4) is 0 Å². The number of nitrogens with one attached hydrogen (secondary N) is 1. The molecule has 1 amide bonds. The van der Waals surface area contributed by atoms with Crippen LogP contribution in [-0.2, 0) is 21.9 Å². The SMILES string of the molecule is Cc1nn(C)c(C)c1S(=O)(=O)N1CCNC(=O)CC1. The molecule has 0 bridgehead atoms. The van der Waals surface area contributed by atoms with Gasteiger partial charge in [0.2, 0.25) is 15.9 Å². The fourth-order valence-corrected chi connectivity index (χ4v) is 4.08. The van der Waals surface area contributed by atoms with Crippen molar-refractivity contribution in [1.29, 1.82) is 0 Å². The molecule has 1 aromatic heterocycles. The van der Waals surface area contributed by atoms with Crippen molar-refractivity contribution in [1.82, 2.24) is 19.4 Å². The second-order valence-electron chi connectivity index (χ2n) is 4.63. The molecule has 0 unspecified atom stereocenters. The van der Waals surface area contributed by atoms with Gasteiger partial charge >= 0.3 is 0 Å². The summed E-state index contributed by atoms with van der Waals surface area (Å²) in [6.07, 6.45) is 0.192. The molecule has 19 heavy (non-hydrogen) atoms. The zero-order valence-corrected chi connectivity index (χ0v) is 12.1. The third-order valence-electron chi connectivity index (χ3n) is 3.31. The van der Waals surface area contributed by atoms with Gasteiger partial charge in [0.15, 0.2) is 0 Å². The second kappa shape index (κ2) is 4.93. The van der Waals surface area contributed by atoms with Crippen molar-refractivity contribution in [3.05, 3.63) is 11.4 Å². The van der Waals surface area contributed by atoms with Crippen molar-refractivity contribution in [2.24, 2.45) is 7.05 Å². The van der Waals surface area contributed by atoms with E-state index in [2.05, 4.69) is 10.4 Å². The van der Waals surface area contributed by atoms with Gasteiger partial charge in [-0.1, -0.05) is 0 Å². The van der Waals surface area contributed by atoms with Crippen molar-refractivity contribution in [2.75, 3.05) is 19.6 Å². The number of rotatable bonds is 2. The van der Waals surface area contributed by atoms with E-state index in [1.807, 2.05) is 0 Å². The van der Waals surface area contributed by atoms with Crippen LogP contribution in [0, 0.1) is 13.8 Å². The van der Waals surface area contributed by atoms with Crippen LogP contribution in [0.25, 0.3) is 0 Å². The summed E-state index contributed by atoms with van der Waals surface area (Å²) in [5, 5.41) is 6.80. The fourth-order valence-electron chi connectivity index (χ4n) is 2.24. The lowest BCUT2D eigenvalue weighted by Crippen LogP contribution is -2.34. The van der Waals surface area contributed by atoms with Crippen molar-refractivity contribution in [2.45, 2.75) is 25.2 Å². The number of hydrogen-bond donors (Lipinski definition) is 1. The van der Waals surface area contributed by atoms with Crippen LogP contribution in [0.2, 0.25) is 0 Å². The van der Waals surface area contributed by atoms with E-state index >= 15 is 0 Å². The molecule has 7 nitrogen and oxygen atoms in total. The van der Waals surface area contributed by atoms with E-state index in [-0.39, 0.29) is 23.8 Å². The highest BCUT2D eigenvalue weighted by molar-refractivity contribution is 7.89. The summed E-state index contributed by atoms with van der Waals surface area (Å²) in [5.41, 5.74) is 1.10. The molecule has 0 radical (unpaired) electrons. The van der Waals surface area contributed by atoms with Gasteiger partial charge in [-0.3, -0.25) is 9.48 Å². The van der Waals surface area contributed by atoms with Crippen LogP contribution in [0.4, 0.5) is 0 Å². The molecule has 1 saturated heterocycles. The van der Waals surface area contributed by atoms with E-state index in [0.717, 1.165) is 0 Å². The van der Waals surface area contributed by atoms with Gasteiger partial charge in [0.05, 0.1) is 11.4 Å². The van der Waals surface area contributed by atoms with Crippen molar-refractivity contribution in [3.63, 3.8) is 0 Å². The molecule has 106 valence electrons. The normalized spacial score (nSPS) is 18.2. The Bertz CT molecular complexity index is 606. The van der Waals surface area contributed by atoms with Gasteiger partial charge in [0.25, 0.3) is 0 Å². The summed E-state index contributed by atoms with van der Waals surface area (Å²) in [7, 11) is -1.87. The third-order valence-corrected chi connectivity index (χ3v) is 5.46. The number of aromatic nitrogens is 2. The molecule has 1 aliphatic rings. The number of hydrogen-bond acceptors (Lipinski definition) is 4. The Balaban J connectivity index is 2.39. The second-order valence-corrected chi connectivity index (χ2v) is 6.50. The highest BCUT2D eigenvalue weighted by Gasteiger charge is 2.31. The first-order valence-electron chi connectivity index (χ1n) is 6.11. The molecule has 0 saturated carbocycles. The number of carbonyl (C=O) groups excluding carboxylic acids is 1. The van der Waals surface area contributed by atoms with Gasteiger partial charge in [0.1, 0.15) is 4.90 Å². The molecule has 2 rings (SSSR count). The van der Waals surface area contributed by atoms with E-state index in [4.69, 9.17) is 0 Å². The standard InChI is InChI=1S/C11H18N4O3S/c1-8-11(9(2)14(3)13-8)19(17,18)15-6-4-10(16)12-5-7-15/h4-7H2,1-3H3,(H,12,16). The lowest BCUT2D eigenvalue weighted by Gasteiger charge is -2.19. The number of nitrogens with zero attached hydrogens (tertiary/aromatic N) is 3. The number of aryl methyl sites for hydroxylation is 2. The molecule has 0 spiro atoms. The third kappa shape index (κ3) is 2.50. The number of carbonyl (C=O) groups is 1. The molecule has 1 N–H and O–H groups in total. The average molecular weight is 286 g/mol. The van der Waals surface area contributed by atoms with Gasteiger partial charge < -0.3 is 5.32 Å². The predicted octanol–water partition coefficient (Wildman–Crippen LogP) is -0.452. The fraction of sp³-hybridized carbons (Fsp3) is 0.636. The van der Waals surface area contributed by atoms with Crippen molar-refractivity contribution in [3.8, 4) is 0 Å². The lowest BCUT2D eigenvalue weighted by atomic mass is 10.4. The zero-order chi connectivity index (χ0) is 14.2. The molecule has 0 aromatic carbocycles. The first kappa shape index (κ1) is 14.0. The minimum atomic E-state index is -3.59. The van der Waals surface area contributed by atoms with E-state index in [0.29, 0.717) is 24.5 Å². The summed E-state index contributed by atoms with van der Waals surface area (Å²) in [6.45, 7) is 4.26. The maximum Gasteiger partial charge on any atom is 0.246 e. The van der Waals surface area contributed by atoms with Gasteiger partial charge in [-0.25, -0.2) is 8.42 Å². The molecule has 1 aliphatic heterocycles. The van der Waals surface area contributed by atoms with Gasteiger partial charge in [-0.2, -0.15) is 9.40 Å².